The smallest absolute Gasteiger partial charge is 0.407 e. The summed E-state index contributed by atoms with van der Waals surface area (Å²) in [5.41, 5.74) is 2.76. The molecule has 0 aliphatic carbocycles. The van der Waals surface area contributed by atoms with E-state index in [-0.39, 0.29) is 30.9 Å². The number of imidazole rings is 1. The number of rotatable bonds is 8. The zero-order valence-corrected chi connectivity index (χ0v) is 22.6. The number of benzene rings is 2. The van der Waals surface area contributed by atoms with Gasteiger partial charge in [0.2, 0.25) is 0 Å². The standard InChI is InChI=1S/C30H31F2N3O4/c1-18-13-26(38-17-22-23(31)11-8-12-24(22)32)28-34-19(2)27(35(28)16-18)25(36)14-20-9-6-7-10-21(20)15-33-29(37)39-30(3,4)5/h6-13,16H,14-15,17H2,1-5H3,(H,33,37). The van der Waals surface area contributed by atoms with Crippen LogP contribution >= 0.6 is 0 Å². The number of alkyl carbamates (subject to hydrolysis) is 1. The predicted molar refractivity (Wildman–Crippen MR) is 143 cm³/mol. The summed E-state index contributed by atoms with van der Waals surface area (Å²) in [7, 11) is 0. The summed E-state index contributed by atoms with van der Waals surface area (Å²) in [5.74, 6) is -1.27. The normalized spacial score (nSPS) is 11.5. The summed E-state index contributed by atoms with van der Waals surface area (Å²) in [4.78, 5) is 30.2. The van der Waals surface area contributed by atoms with Crippen LogP contribution in [0.25, 0.3) is 5.65 Å². The molecule has 9 heteroatoms. The third kappa shape index (κ3) is 6.60. The fraction of sp³-hybridized carbons (Fsp3) is 0.300. The molecule has 0 fully saturated rings. The first-order valence-corrected chi connectivity index (χ1v) is 12.5. The van der Waals surface area contributed by atoms with Gasteiger partial charge in [-0.3, -0.25) is 9.20 Å². The molecule has 0 atom stereocenters. The minimum Gasteiger partial charge on any atom is -0.485 e. The Labute approximate surface area is 225 Å². The summed E-state index contributed by atoms with van der Waals surface area (Å²) in [5, 5.41) is 2.74. The molecule has 1 N–H and O–H groups in total. The molecule has 0 radical (unpaired) electrons. The Morgan fingerprint density at radius 1 is 1.00 bits per heavy atom. The summed E-state index contributed by atoms with van der Waals surface area (Å²) in [6, 6.07) is 12.7. The molecule has 0 aliphatic rings. The maximum atomic E-state index is 14.1. The van der Waals surface area contributed by atoms with Crippen molar-refractivity contribution >= 4 is 17.5 Å². The Morgan fingerprint density at radius 2 is 1.67 bits per heavy atom. The average molecular weight is 536 g/mol. The lowest BCUT2D eigenvalue weighted by atomic mass is 10.0. The minimum atomic E-state index is -0.700. The average Bonchev–Trinajstić information content (AvgIpc) is 3.17. The van der Waals surface area contributed by atoms with E-state index in [0.717, 1.165) is 16.7 Å². The van der Waals surface area contributed by atoms with Gasteiger partial charge in [-0.25, -0.2) is 18.6 Å². The Hall–Kier alpha value is -4.27. The quantitative estimate of drug-likeness (QED) is 0.270. The highest BCUT2D eigenvalue weighted by Crippen LogP contribution is 2.27. The largest absolute Gasteiger partial charge is 0.485 e. The topological polar surface area (TPSA) is 81.9 Å². The van der Waals surface area contributed by atoms with E-state index in [1.807, 2.05) is 31.2 Å². The summed E-state index contributed by atoms with van der Waals surface area (Å²) < 4.78 is 41.0. The van der Waals surface area contributed by atoms with E-state index in [1.165, 1.54) is 18.2 Å². The van der Waals surface area contributed by atoms with Gasteiger partial charge in [0, 0.05) is 19.2 Å². The van der Waals surface area contributed by atoms with Gasteiger partial charge >= 0.3 is 6.09 Å². The summed E-state index contributed by atoms with van der Waals surface area (Å²) >= 11 is 0. The number of carbonyl (C=O) groups excluding carboxylic acids is 2. The van der Waals surface area contributed by atoms with Gasteiger partial charge in [-0.05, 0) is 69.5 Å². The van der Waals surface area contributed by atoms with E-state index >= 15 is 0 Å². The molecule has 39 heavy (non-hydrogen) atoms. The van der Waals surface area contributed by atoms with E-state index in [9.17, 15) is 18.4 Å². The third-order valence-corrected chi connectivity index (χ3v) is 5.99. The number of aryl methyl sites for hydroxylation is 2. The van der Waals surface area contributed by atoms with Crippen LogP contribution in [0.5, 0.6) is 5.75 Å². The van der Waals surface area contributed by atoms with Gasteiger partial charge in [0.05, 0.1) is 11.3 Å². The maximum Gasteiger partial charge on any atom is 0.407 e. The first-order valence-electron chi connectivity index (χ1n) is 12.5. The molecule has 0 bridgehead atoms. The maximum absolute atomic E-state index is 14.1. The van der Waals surface area contributed by atoms with Gasteiger partial charge in [-0.2, -0.15) is 0 Å². The second-order valence-corrected chi connectivity index (χ2v) is 10.3. The Kier molecular flexibility index (Phi) is 7.99. The highest BCUT2D eigenvalue weighted by Gasteiger charge is 2.22. The van der Waals surface area contributed by atoms with Gasteiger partial charge in [-0.1, -0.05) is 30.3 Å². The molecular formula is C30H31F2N3O4. The zero-order valence-electron chi connectivity index (χ0n) is 22.6. The van der Waals surface area contributed by atoms with Crippen molar-refractivity contribution in [3.05, 3.63) is 100 Å². The first-order chi connectivity index (χ1) is 18.4. The fourth-order valence-corrected chi connectivity index (χ4v) is 4.26. The van der Waals surface area contributed by atoms with Crippen molar-refractivity contribution in [2.24, 2.45) is 0 Å². The Bertz CT molecular complexity index is 1520. The Balaban J connectivity index is 1.58. The number of nitrogens with zero attached hydrogens (tertiary/aromatic N) is 2. The fourth-order valence-electron chi connectivity index (χ4n) is 4.26. The number of pyridine rings is 1. The van der Waals surface area contributed by atoms with Crippen LogP contribution in [-0.2, 0) is 24.3 Å². The van der Waals surface area contributed by atoms with Crippen molar-refractivity contribution in [3.8, 4) is 5.75 Å². The number of Topliss-reactive ketones (excluding diaryl/α,β-unsaturated/α-hetero) is 1. The monoisotopic (exact) mass is 535 g/mol. The number of halogens is 2. The lowest BCUT2D eigenvalue weighted by molar-refractivity contribution is 0.0523. The second-order valence-electron chi connectivity index (χ2n) is 10.3. The van der Waals surface area contributed by atoms with Gasteiger partial charge in [0.15, 0.2) is 17.2 Å². The van der Waals surface area contributed by atoms with Gasteiger partial charge in [0.25, 0.3) is 0 Å². The molecular weight excluding hydrogens is 504 g/mol. The summed E-state index contributed by atoms with van der Waals surface area (Å²) in [6.45, 7) is 8.79. The molecule has 7 nitrogen and oxygen atoms in total. The second kappa shape index (κ2) is 11.2. The van der Waals surface area contributed by atoms with Gasteiger partial charge < -0.3 is 14.8 Å². The first kappa shape index (κ1) is 27.8. The molecule has 0 saturated carbocycles. The number of nitrogens with one attached hydrogen (secondary N) is 1. The predicted octanol–water partition coefficient (Wildman–Crippen LogP) is 6.26. The van der Waals surface area contributed by atoms with Crippen LogP contribution < -0.4 is 10.1 Å². The number of ketones is 1. The molecule has 204 valence electrons. The van der Waals surface area contributed by atoms with Crippen LogP contribution in [0, 0.1) is 25.5 Å². The molecule has 2 aromatic heterocycles. The van der Waals surface area contributed by atoms with Crippen molar-refractivity contribution in [3.63, 3.8) is 0 Å². The van der Waals surface area contributed by atoms with Crippen LogP contribution in [-0.4, -0.2) is 26.9 Å². The highest BCUT2D eigenvalue weighted by molar-refractivity contribution is 5.98. The molecule has 2 aromatic carbocycles. The van der Waals surface area contributed by atoms with E-state index in [2.05, 4.69) is 10.3 Å². The lowest BCUT2D eigenvalue weighted by Gasteiger charge is -2.20. The number of amides is 1. The molecule has 0 spiro atoms. The molecule has 4 rings (SSSR count). The number of hydrogen-bond acceptors (Lipinski definition) is 5. The van der Waals surface area contributed by atoms with Crippen LogP contribution in [0.2, 0.25) is 0 Å². The van der Waals surface area contributed by atoms with Crippen molar-refractivity contribution in [2.75, 3.05) is 0 Å². The van der Waals surface area contributed by atoms with Crippen LogP contribution in [0.1, 0.15) is 59.2 Å². The Morgan fingerprint density at radius 3 is 2.33 bits per heavy atom. The summed E-state index contributed by atoms with van der Waals surface area (Å²) in [6.07, 6.45) is 1.31. The number of carbonyl (C=O) groups is 2. The van der Waals surface area contributed by atoms with Crippen LogP contribution in [0.15, 0.2) is 54.7 Å². The molecule has 0 saturated heterocycles. The van der Waals surface area contributed by atoms with Crippen molar-refractivity contribution in [1.29, 1.82) is 0 Å². The SMILES string of the molecule is Cc1cc(OCc2c(F)cccc2F)c2nc(C)c(C(=O)Cc3ccccc3CNC(=O)OC(C)(C)C)n2c1. The zero-order chi connectivity index (χ0) is 28.3. The highest BCUT2D eigenvalue weighted by atomic mass is 19.1. The van der Waals surface area contributed by atoms with E-state index in [0.29, 0.717) is 22.8 Å². The minimum absolute atomic E-state index is 0.0748. The van der Waals surface area contributed by atoms with Crippen LogP contribution in [0.3, 0.4) is 0 Å². The molecule has 1 amide bonds. The van der Waals surface area contributed by atoms with E-state index < -0.39 is 23.3 Å². The van der Waals surface area contributed by atoms with Gasteiger partial charge in [0.1, 0.15) is 29.5 Å². The van der Waals surface area contributed by atoms with Crippen molar-refractivity contribution in [1.82, 2.24) is 14.7 Å². The third-order valence-electron chi connectivity index (χ3n) is 5.99. The van der Waals surface area contributed by atoms with E-state index in [1.54, 1.807) is 44.4 Å². The van der Waals surface area contributed by atoms with Crippen LogP contribution in [0.4, 0.5) is 13.6 Å². The van der Waals surface area contributed by atoms with Crippen molar-refractivity contribution < 1.29 is 27.8 Å². The molecule has 0 aliphatic heterocycles. The number of ether oxygens (including phenoxy) is 2. The van der Waals surface area contributed by atoms with E-state index in [4.69, 9.17) is 9.47 Å². The molecule has 4 aromatic rings. The number of aromatic nitrogens is 2. The molecule has 0 unspecified atom stereocenters. The van der Waals surface area contributed by atoms with Gasteiger partial charge in [-0.15, -0.1) is 0 Å². The lowest BCUT2D eigenvalue weighted by Crippen LogP contribution is -2.32. The number of hydrogen-bond donors (Lipinski definition) is 1. The van der Waals surface area contributed by atoms with Crippen molar-refractivity contribution in [2.45, 2.75) is 59.8 Å². The molecule has 2 heterocycles. The number of fused-ring (bicyclic) bond motifs is 1.